The zero-order valence-electron chi connectivity index (χ0n) is 15.4. The number of nitrogens with zero attached hydrogens (tertiary/aromatic N) is 1. The van der Waals surface area contributed by atoms with E-state index < -0.39 is 0 Å². The maximum absolute atomic E-state index is 12.9. The fourth-order valence-corrected chi connectivity index (χ4v) is 3.32. The lowest BCUT2D eigenvalue weighted by Gasteiger charge is -2.15. The van der Waals surface area contributed by atoms with Gasteiger partial charge in [0.25, 0.3) is 0 Å². The Labute approximate surface area is 165 Å². The van der Waals surface area contributed by atoms with Crippen LogP contribution >= 0.6 is 11.6 Å². The van der Waals surface area contributed by atoms with Gasteiger partial charge in [-0.05, 0) is 30.3 Å². The summed E-state index contributed by atoms with van der Waals surface area (Å²) < 4.78 is 22.7. The van der Waals surface area contributed by atoms with Gasteiger partial charge in [-0.2, -0.15) is 0 Å². The van der Waals surface area contributed by atoms with E-state index in [9.17, 15) is 4.79 Å². The molecule has 2 aromatic heterocycles. The Kier molecular flexibility index (Phi) is 4.57. The molecule has 28 heavy (non-hydrogen) atoms. The maximum Gasteiger partial charge on any atom is 0.193 e. The Morgan fingerprint density at radius 2 is 1.57 bits per heavy atom. The van der Waals surface area contributed by atoms with Crippen molar-refractivity contribution >= 4 is 33.3 Å². The molecule has 2 heterocycles. The number of pyridine rings is 1. The normalized spacial score (nSPS) is 11.0. The number of hydrogen-bond acceptors (Lipinski definition) is 6. The molecular weight excluding hydrogens is 382 g/mol. The smallest absolute Gasteiger partial charge is 0.193 e. The molecule has 0 saturated carbocycles. The van der Waals surface area contributed by atoms with Gasteiger partial charge in [0.05, 0.1) is 42.5 Å². The van der Waals surface area contributed by atoms with Gasteiger partial charge in [-0.1, -0.05) is 11.6 Å². The molecule has 2 aromatic carbocycles. The number of halogens is 1. The Bertz CT molecular complexity index is 1250. The van der Waals surface area contributed by atoms with Crippen LogP contribution in [0.4, 0.5) is 0 Å². The summed E-state index contributed by atoms with van der Waals surface area (Å²) in [7, 11) is 4.65. The SMILES string of the molecule is COc1ccc(OC)c2c1c(OC)cc1c(=O)cc(-c3ccc(Cl)cn3)oc12. The molecule has 0 saturated heterocycles. The molecular formula is C21H16ClNO5. The van der Waals surface area contributed by atoms with E-state index in [1.807, 2.05) is 0 Å². The standard InChI is InChI=1S/C21H16ClNO5/c1-25-15-6-7-16(26-2)20-19(15)18(27-3)8-12-14(24)9-17(28-21(12)20)13-5-4-11(22)10-23-13/h4-10H,1-3H3. The van der Waals surface area contributed by atoms with Crippen LogP contribution in [0.25, 0.3) is 33.2 Å². The van der Waals surface area contributed by atoms with Gasteiger partial charge in [-0.3, -0.25) is 9.78 Å². The van der Waals surface area contributed by atoms with Crippen LogP contribution in [0.3, 0.4) is 0 Å². The Hall–Kier alpha value is -3.25. The first-order valence-electron chi connectivity index (χ1n) is 8.39. The summed E-state index contributed by atoms with van der Waals surface area (Å²) in [6.45, 7) is 0. The summed E-state index contributed by atoms with van der Waals surface area (Å²) in [5.74, 6) is 1.92. The molecule has 0 spiro atoms. The molecule has 0 aliphatic heterocycles. The van der Waals surface area contributed by atoms with E-state index in [0.717, 1.165) is 0 Å². The zero-order chi connectivity index (χ0) is 19.8. The summed E-state index contributed by atoms with van der Waals surface area (Å²) in [5.41, 5.74) is 0.637. The number of benzene rings is 2. The Morgan fingerprint density at radius 1 is 0.893 bits per heavy atom. The maximum atomic E-state index is 12.9. The van der Waals surface area contributed by atoms with Crippen molar-refractivity contribution in [3.63, 3.8) is 0 Å². The third kappa shape index (κ3) is 2.82. The summed E-state index contributed by atoms with van der Waals surface area (Å²) in [4.78, 5) is 17.1. The van der Waals surface area contributed by atoms with Crippen LogP contribution < -0.4 is 19.6 Å². The van der Waals surface area contributed by atoms with Crippen molar-refractivity contribution in [2.24, 2.45) is 0 Å². The van der Waals surface area contributed by atoms with E-state index in [2.05, 4.69) is 4.98 Å². The monoisotopic (exact) mass is 397 g/mol. The predicted molar refractivity (Wildman–Crippen MR) is 108 cm³/mol. The quantitative estimate of drug-likeness (QED) is 0.465. The highest BCUT2D eigenvalue weighted by molar-refractivity contribution is 6.30. The summed E-state index contributed by atoms with van der Waals surface area (Å²) in [6, 6.07) is 9.95. The van der Waals surface area contributed by atoms with Crippen molar-refractivity contribution in [3.05, 3.63) is 57.8 Å². The van der Waals surface area contributed by atoms with E-state index in [0.29, 0.717) is 55.5 Å². The molecule has 7 heteroatoms. The number of ether oxygens (including phenoxy) is 3. The number of hydrogen-bond donors (Lipinski definition) is 0. The first kappa shape index (κ1) is 18.1. The highest BCUT2D eigenvalue weighted by atomic mass is 35.5. The number of rotatable bonds is 4. The average molecular weight is 398 g/mol. The molecule has 0 aliphatic carbocycles. The molecule has 0 atom stereocenters. The zero-order valence-corrected chi connectivity index (χ0v) is 16.2. The molecule has 6 nitrogen and oxygen atoms in total. The third-order valence-corrected chi connectivity index (χ3v) is 4.73. The Morgan fingerprint density at radius 3 is 2.18 bits per heavy atom. The lowest BCUT2D eigenvalue weighted by Crippen LogP contribution is -2.03. The fraction of sp³-hybridized carbons (Fsp3) is 0.143. The molecule has 0 unspecified atom stereocenters. The highest BCUT2D eigenvalue weighted by Gasteiger charge is 2.20. The summed E-state index contributed by atoms with van der Waals surface area (Å²) in [5, 5.41) is 2.10. The fourth-order valence-electron chi connectivity index (χ4n) is 3.21. The minimum Gasteiger partial charge on any atom is -0.496 e. The van der Waals surface area contributed by atoms with Crippen molar-refractivity contribution in [1.82, 2.24) is 4.98 Å². The lowest BCUT2D eigenvalue weighted by atomic mass is 10.0. The van der Waals surface area contributed by atoms with Gasteiger partial charge in [0.15, 0.2) is 16.8 Å². The molecule has 0 aliphatic rings. The van der Waals surface area contributed by atoms with E-state index in [1.165, 1.54) is 19.4 Å². The molecule has 0 N–H and O–H groups in total. The molecule has 0 bridgehead atoms. The van der Waals surface area contributed by atoms with Gasteiger partial charge in [0.1, 0.15) is 22.9 Å². The third-order valence-electron chi connectivity index (χ3n) is 4.50. The number of fused-ring (bicyclic) bond motifs is 3. The number of methoxy groups -OCH3 is 3. The van der Waals surface area contributed by atoms with Crippen LogP contribution in [0.15, 0.2) is 51.8 Å². The van der Waals surface area contributed by atoms with E-state index in [-0.39, 0.29) is 5.43 Å². The van der Waals surface area contributed by atoms with Crippen molar-refractivity contribution < 1.29 is 18.6 Å². The molecule has 4 rings (SSSR count). The molecule has 4 aromatic rings. The molecule has 142 valence electrons. The van der Waals surface area contributed by atoms with Crippen LogP contribution in [0.1, 0.15) is 0 Å². The Balaban J connectivity index is 2.17. The van der Waals surface area contributed by atoms with Crippen molar-refractivity contribution in [3.8, 4) is 28.7 Å². The van der Waals surface area contributed by atoms with Crippen molar-refractivity contribution in [2.75, 3.05) is 21.3 Å². The van der Waals surface area contributed by atoms with Gasteiger partial charge >= 0.3 is 0 Å². The lowest BCUT2D eigenvalue weighted by molar-refractivity contribution is 0.400. The minimum atomic E-state index is -0.224. The van der Waals surface area contributed by atoms with Crippen LogP contribution in [0.5, 0.6) is 17.2 Å². The van der Waals surface area contributed by atoms with E-state index in [1.54, 1.807) is 44.6 Å². The molecule has 0 amide bonds. The van der Waals surface area contributed by atoms with Gasteiger partial charge in [0.2, 0.25) is 0 Å². The second-order valence-corrected chi connectivity index (χ2v) is 6.45. The average Bonchev–Trinajstić information content (AvgIpc) is 2.72. The molecule has 0 radical (unpaired) electrons. The first-order valence-corrected chi connectivity index (χ1v) is 8.76. The van der Waals surface area contributed by atoms with Gasteiger partial charge in [0, 0.05) is 12.3 Å². The predicted octanol–water partition coefficient (Wildman–Crippen LogP) is 4.69. The minimum absolute atomic E-state index is 0.224. The summed E-state index contributed by atoms with van der Waals surface area (Å²) in [6.07, 6.45) is 1.50. The summed E-state index contributed by atoms with van der Waals surface area (Å²) >= 11 is 5.91. The van der Waals surface area contributed by atoms with Gasteiger partial charge < -0.3 is 18.6 Å². The van der Waals surface area contributed by atoms with Crippen LogP contribution in [-0.2, 0) is 0 Å². The second kappa shape index (κ2) is 7.05. The van der Waals surface area contributed by atoms with Crippen molar-refractivity contribution in [2.45, 2.75) is 0 Å². The number of aromatic nitrogens is 1. The first-order chi connectivity index (χ1) is 13.6. The van der Waals surface area contributed by atoms with Crippen LogP contribution in [0, 0.1) is 0 Å². The highest BCUT2D eigenvalue weighted by Crippen LogP contribution is 2.43. The van der Waals surface area contributed by atoms with Crippen LogP contribution in [-0.4, -0.2) is 26.3 Å². The second-order valence-electron chi connectivity index (χ2n) is 6.01. The topological polar surface area (TPSA) is 70.8 Å². The molecule has 0 fully saturated rings. The largest absolute Gasteiger partial charge is 0.496 e. The van der Waals surface area contributed by atoms with E-state index in [4.69, 9.17) is 30.2 Å². The van der Waals surface area contributed by atoms with Crippen LogP contribution in [0.2, 0.25) is 5.02 Å². The van der Waals surface area contributed by atoms with Gasteiger partial charge in [-0.25, -0.2) is 0 Å². The van der Waals surface area contributed by atoms with Crippen molar-refractivity contribution in [1.29, 1.82) is 0 Å². The van der Waals surface area contributed by atoms with E-state index >= 15 is 0 Å². The van der Waals surface area contributed by atoms with Gasteiger partial charge in [-0.15, -0.1) is 0 Å².